The number of benzene rings is 2. The highest BCUT2D eigenvalue weighted by molar-refractivity contribution is 5.73. The summed E-state index contributed by atoms with van der Waals surface area (Å²) in [5.74, 6) is 1.52. The van der Waals surface area contributed by atoms with Crippen LogP contribution in [0.2, 0.25) is 0 Å². The van der Waals surface area contributed by atoms with Crippen LogP contribution in [0.3, 0.4) is 0 Å². The van der Waals surface area contributed by atoms with Gasteiger partial charge < -0.3 is 4.74 Å². The number of fused-ring (bicyclic) bond motifs is 3. The summed E-state index contributed by atoms with van der Waals surface area (Å²) in [6, 6.07) is 16.9. The zero-order valence-electron chi connectivity index (χ0n) is 20.4. The van der Waals surface area contributed by atoms with Crippen LogP contribution in [-0.4, -0.2) is 5.97 Å². The lowest BCUT2D eigenvalue weighted by molar-refractivity contribution is -0.134. The molecular formula is C30H34N2O2. The minimum Gasteiger partial charge on any atom is -0.425 e. The van der Waals surface area contributed by atoms with E-state index in [1.807, 2.05) is 0 Å². The Hall–Kier alpha value is -3.11. The van der Waals surface area contributed by atoms with Gasteiger partial charge in [-0.25, -0.2) is 0 Å². The molecule has 0 saturated heterocycles. The van der Waals surface area contributed by atoms with Crippen molar-refractivity contribution in [2.45, 2.75) is 83.5 Å². The molecule has 0 heterocycles. The van der Waals surface area contributed by atoms with Gasteiger partial charge in [-0.05, 0) is 91.4 Å². The van der Waals surface area contributed by atoms with E-state index in [-0.39, 0.29) is 17.7 Å². The van der Waals surface area contributed by atoms with E-state index in [9.17, 15) is 15.3 Å². The average Bonchev–Trinajstić information content (AvgIpc) is 2.88. The van der Waals surface area contributed by atoms with E-state index in [0.717, 1.165) is 23.8 Å². The van der Waals surface area contributed by atoms with Gasteiger partial charge in [-0.1, -0.05) is 50.6 Å². The Morgan fingerprint density at radius 3 is 2.32 bits per heavy atom. The SMILES string of the molecule is CCCC1CC2CCC1(c1ccc(CCc3ccc(OC(=O)CC)c(C#N)c3C#N)cc1)CC2. The van der Waals surface area contributed by atoms with E-state index >= 15 is 0 Å². The van der Waals surface area contributed by atoms with Crippen LogP contribution in [0.5, 0.6) is 5.75 Å². The zero-order valence-corrected chi connectivity index (χ0v) is 20.4. The van der Waals surface area contributed by atoms with Gasteiger partial charge in [0.05, 0.1) is 5.56 Å². The highest BCUT2D eigenvalue weighted by atomic mass is 16.5. The molecule has 3 saturated carbocycles. The molecule has 5 rings (SSSR count). The number of carbonyl (C=O) groups excluding carboxylic acids is 1. The fourth-order valence-corrected chi connectivity index (χ4v) is 6.37. The monoisotopic (exact) mass is 454 g/mol. The molecule has 34 heavy (non-hydrogen) atoms. The van der Waals surface area contributed by atoms with Crippen molar-refractivity contribution >= 4 is 5.97 Å². The van der Waals surface area contributed by atoms with Gasteiger partial charge in [-0.2, -0.15) is 10.5 Å². The van der Waals surface area contributed by atoms with E-state index in [4.69, 9.17) is 4.74 Å². The van der Waals surface area contributed by atoms with Gasteiger partial charge in [-0.3, -0.25) is 4.79 Å². The molecule has 0 aliphatic heterocycles. The van der Waals surface area contributed by atoms with Crippen LogP contribution in [-0.2, 0) is 23.1 Å². The smallest absolute Gasteiger partial charge is 0.310 e. The van der Waals surface area contributed by atoms with Crippen molar-refractivity contribution in [1.82, 2.24) is 0 Å². The van der Waals surface area contributed by atoms with Gasteiger partial charge in [-0.15, -0.1) is 0 Å². The summed E-state index contributed by atoms with van der Waals surface area (Å²) < 4.78 is 5.25. The second-order valence-corrected chi connectivity index (χ2v) is 10.0. The Morgan fingerprint density at radius 2 is 1.71 bits per heavy atom. The second-order valence-electron chi connectivity index (χ2n) is 10.0. The Balaban J connectivity index is 1.50. The summed E-state index contributed by atoms with van der Waals surface area (Å²) in [5, 5.41) is 19.3. The molecular weight excluding hydrogens is 420 g/mol. The number of hydrogen-bond donors (Lipinski definition) is 0. The molecule has 4 heteroatoms. The molecule has 4 nitrogen and oxygen atoms in total. The van der Waals surface area contributed by atoms with Crippen LogP contribution in [0.4, 0.5) is 0 Å². The number of rotatable bonds is 8. The molecule has 0 radical (unpaired) electrons. The summed E-state index contributed by atoms with van der Waals surface area (Å²) in [6.07, 6.45) is 11.1. The van der Waals surface area contributed by atoms with E-state index in [2.05, 4.69) is 43.3 Å². The van der Waals surface area contributed by atoms with Crippen LogP contribution in [0.25, 0.3) is 0 Å². The number of esters is 1. The molecule has 3 aliphatic carbocycles. The van der Waals surface area contributed by atoms with Crippen molar-refractivity contribution < 1.29 is 9.53 Å². The predicted octanol–water partition coefficient (Wildman–Crippen LogP) is 6.78. The molecule has 0 spiro atoms. The van der Waals surface area contributed by atoms with E-state index in [0.29, 0.717) is 17.4 Å². The normalized spacial score (nSPS) is 23.2. The zero-order chi connectivity index (χ0) is 24.1. The molecule has 0 amide bonds. The lowest BCUT2D eigenvalue weighted by atomic mass is 9.52. The van der Waals surface area contributed by atoms with Gasteiger partial charge in [0, 0.05) is 6.42 Å². The van der Waals surface area contributed by atoms with Crippen molar-refractivity contribution in [3.05, 3.63) is 64.2 Å². The maximum atomic E-state index is 11.7. The summed E-state index contributed by atoms with van der Waals surface area (Å²) in [6.45, 7) is 4.01. The fourth-order valence-electron chi connectivity index (χ4n) is 6.37. The second kappa shape index (κ2) is 10.4. The first kappa shape index (κ1) is 24.0. The number of aryl methyl sites for hydroxylation is 2. The summed E-state index contributed by atoms with van der Waals surface area (Å²) in [7, 11) is 0. The average molecular weight is 455 g/mol. The van der Waals surface area contributed by atoms with Crippen molar-refractivity contribution in [3.63, 3.8) is 0 Å². The molecule has 1 atom stereocenters. The Morgan fingerprint density at radius 1 is 1.00 bits per heavy atom. The molecule has 176 valence electrons. The number of ether oxygens (including phenoxy) is 1. The van der Waals surface area contributed by atoms with Crippen molar-refractivity contribution in [2.24, 2.45) is 11.8 Å². The lowest BCUT2D eigenvalue weighted by Crippen LogP contribution is -2.45. The molecule has 3 aliphatic rings. The van der Waals surface area contributed by atoms with Crippen LogP contribution < -0.4 is 4.74 Å². The van der Waals surface area contributed by atoms with Crippen molar-refractivity contribution in [1.29, 1.82) is 10.5 Å². The van der Waals surface area contributed by atoms with Crippen molar-refractivity contribution in [3.8, 4) is 17.9 Å². The van der Waals surface area contributed by atoms with Crippen LogP contribution in [0, 0.1) is 34.5 Å². The third-order valence-corrected chi connectivity index (χ3v) is 8.24. The standard InChI is InChI=1S/C30H34N2O2/c1-3-5-25-18-22-14-16-30(25,17-15-22)24-11-7-21(8-12-24)6-9-23-10-13-28(34-29(33)4-2)27(20-32)26(23)19-31/h7-8,10-13,22,25H,3-6,9,14-18H2,1-2H3. The number of nitrogens with zero attached hydrogens (tertiary/aromatic N) is 2. The minimum absolute atomic E-state index is 0.145. The molecule has 2 aromatic carbocycles. The maximum Gasteiger partial charge on any atom is 0.310 e. The topological polar surface area (TPSA) is 73.9 Å². The Kier molecular flexibility index (Phi) is 7.38. The first-order chi connectivity index (χ1) is 16.5. The predicted molar refractivity (Wildman–Crippen MR) is 132 cm³/mol. The summed E-state index contributed by atoms with van der Waals surface area (Å²) >= 11 is 0. The van der Waals surface area contributed by atoms with Gasteiger partial charge in [0.15, 0.2) is 0 Å². The summed E-state index contributed by atoms with van der Waals surface area (Å²) in [4.78, 5) is 11.7. The largest absolute Gasteiger partial charge is 0.425 e. The third kappa shape index (κ3) is 4.60. The van der Waals surface area contributed by atoms with Crippen LogP contribution >= 0.6 is 0 Å². The van der Waals surface area contributed by atoms with E-state index in [1.165, 1.54) is 56.1 Å². The van der Waals surface area contributed by atoms with Gasteiger partial charge >= 0.3 is 5.97 Å². The molecule has 3 fully saturated rings. The van der Waals surface area contributed by atoms with Gasteiger partial charge in [0.25, 0.3) is 0 Å². The molecule has 0 N–H and O–H groups in total. The van der Waals surface area contributed by atoms with Crippen LogP contribution in [0.15, 0.2) is 36.4 Å². The lowest BCUT2D eigenvalue weighted by Gasteiger charge is -2.53. The molecule has 2 aromatic rings. The van der Waals surface area contributed by atoms with Crippen molar-refractivity contribution in [2.75, 3.05) is 0 Å². The molecule has 2 bridgehead atoms. The third-order valence-electron chi connectivity index (χ3n) is 8.24. The number of hydrogen-bond acceptors (Lipinski definition) is 4. The summed E-state index contributed by atoms with van der Waals surface area (Å²) in [5.41, 5.74) is 4.38. The molecule has 1 unspecified atom stereocenters. The van der Waals surface area contributed by atoms with Gasteiger partial charge in [0.2, 0.25) is 0 Å². The minimum atomic E-state index is -0.416. The van der Waals surface area contributed by atoms with Crippen LogP contribution in [0.1, 0.15) is 93.0 Å². The Labute approximate surface area is 203 Å². The number of carbonyl (C=O) groups is 1. The van der Waals surface area contributed by atoms with E-state index in [1.54, 1.807) is 19.1 Å². The maximum absolute atomic E-state index is 11.7. The molecule has 0 aromatic heterocycles. The van der Waals surface area contributed by atoms with E-state index < -0.39 is 5.97 Å². The fraction of sp³-hybridized carbons (Fsp3) is 0.500. The first-order valence-corrected chi connectivity index (χ1v) is 12.8. The highest BCUT2D eigenvalue weighted by Gasteiger charge is 2.47. The number of nitriles is 2. The Bertz CT molecular complexity index is 1110. The highest BCUT2D eigenvalue weighted by Crippen LogP contribution is 2.56. The first-order valence-electron chi connectivity index (χ1n) is 12.8. The van der Waals surface area contributed by atoms with Gasteiger partial charge in [0.1, 0.15) is 23.5 Å². The quantitative estimate of drug-likeness (QED) is 0.325.